The number of hydrogen-bond donors (Lipinski definition) is 2. The molecule has 1 aromatic carbocycles. The highest BCUT2D eigenvalue weighted by Gasteiger charge is 2.24. The lowest BCUT2D eigenvalue weighted by atomic mass is 10.1. The number of carbonyl (C=O) groups is 1. The highest BCUT2D eigenvalue weighted by atomic mass is 16.3. The number of carbonyl (C=O) groups excluding carboxylic acids is 1. The zero-order chi connectivity index (χ0) is 20.9. The van der Waals surface area contributed by atoms with Crippen molar-refractivity contribution in [2.75, 3.05) is 18.4 Å². The lowest BCUT2D eigenvalue weighted by Crippen LogP contribution is -2.33. The van der Waals surface area contributed by atoms with Crippen LogP contribution in [0.2, 0.25) is 0 Å². The summed E-state index contributed by atoms with van der Waals surface area (Å²) < 4.78 is 0. The maximum Gasteiger partial charge on any atom is 0.256 e. The lowest BCUT2D eigenvalue weighted by Gasteiger charge is -2.22. The highest BCUT2D eigenvalue weighted by molar-refractivity contribution is 5.97. The Morgan fingerprint density at radius 3 is 2.70 bits per heavy atom. The fourth-order valence-corrected chi connectivity index (χ4v) is 3.76. The van der Waals surface area contributed by atoms with Crippen molar-refractivity contribution in [3.63, 3.8) is 0 Å². The molecule has 4 rings (SSSR count). The van der Waals surface area contributed by atoms with E-state index in [0.29, 0.717) is 30.0 Å². The monoisotopic (exact) mass is 406 g/mol. The molecule has 1 saturated heterocycles. The second kappa shape index (κ2) is 9.04. The lowest BCUT2D eigenvalue weighted by molar-refractivity contribution is 0.0761. The summed E-state index contributed by atoms with van der Waals surface area (Å²) in [5.74, 6) is 0.756. The van der Waals surface area contributed by atoms with Gasteiger partial charge in [-0.3, -0.25) is 4.79 Å². The van der Waals surface area contributed by atoms with Gasteiger partial charge in [0.25, 0.3) is 5.91 Å². The van der Waals surface area contributed by atoms with Crippen LogP contribution in [-0.4, -0.2) is 55.0 Å². The quantitative estimate of drug-likeness (QED) is 0.676. The van der Waals surface area contributed by atoms with Crippen LogP contribution in [0.5, 0.6) is 0 Å². The highest BCUT2D eigenvalue weighted by Crippen LogP contribution is 2.21. The first-order chi connectivity index (χ1) is 14.6. The van der Waals surface area contributed by atoms with Crippen LogP contribution >= 0.6 is 0 Å². The number of para-hydroxylation sites is 1. The standard InChI is InChI=1S/C22H26N6O2/c1-16(29)19-8-4-10-21(26-19)25-17-6-5-14-27(15-11-17)22(30)18-7-2-3-9-20(18)28-23-12-13-24-28/h2-4,7-10,12-13,16-17,29H,5-6,11,14-15H2,1H3,(H,25,26)/t16?,17-/m1/s1. The van der Waals surface area contributed by atoms with Crippen molar-refractivity contribution in [1.82, 2.24) is 24.9 Å². The molecular formula is C22H26N6O2. The minimum absolute atomic E-state index is 0.00206. The van der Waals surface area contributed by atoms with Crippen molar-refractivity contribution < 1.29 is 9.90 Å². The Labute approximate surface area is 175 Å². The van der Waals surface area contributed by atoms with E-state index in [1.165, 1.54) is 4.80 Å². The molecule has 1 aliphatic heterocycles. The molecule has 0 aliphatic carbocycles. The molecule has 1 amide bonds. The normalized spacial score (nSPS) is 17.9. The second-order valence-electron chi connectivity index (χ2n) is 7.52. The first-order valence-electron chi connectivity index (χ1n) is 10.3. The molecule has 1 unspecified atom stereocenters. The number of nitrogens with one attached hydrogen (secondary N) is 1. The summed E-state index contributed by atoms with van der Waals surface area (Å²) in [5.41, 5.74) is 1.94. The van der Waals surface area contributed by atoms with Crippen LogP contribution in [0.25, 0.3) is 5.69 Å². The summed E-state index contributed by atoms with van der Waals surface area (Å²) in [5, 5.41) is 21.6. The van der Waals surface area contributed by atoms with Crippen LogP contribution in [0, 0.1) is 0 Å². The van der Waals surface area contributed by atoms with E-state index in [0.717, 1.165) is 25.1 Å². The van der Waals surface area contributed by atoms with Gasteiger partial charge in [-0.05, 0) is 50.5 Å². The fourth-order valence-electron chi connectivity index (χ4n) is 3.76. The number of likely N-dealkylation sites (tertiary alicyclic amines) is 1. The minimum Gasteiger partial charge on any atom is -0.387 e. The van der Waals surface area contributed by atoms with Gasteiger partial charge >= 0.3 is 0 Å². The van der Waals surface area contributed by atoms with Crippen molar-refractivity contribution in [3.05, 3.63) is 66.1 Å². The van der Waals surface area contributed by atoms with Crippen LogP contribution < -0.4 is 5.32 Å². The van der Waals surface area contributed by atoms with Crippen molar-refractivity contribution in [1.29, 1.82) is 0 Å². The molecule has 0 bridgehead atoms. The first-order valence-corrected chi connectivity index (χ1v) is 10.3. The predicted molar refractivity (Wildman–Crippen MR) is 113 cm³/mol. The third-order valence-electron chi connectivity index (χ3n) is 5.33. The number of nitrogens with zero attached hydrogens (tertiary/aromatic N) is 5. The molecule has 2 N–H and O–H groups in total. The van der Waals surface area contributed by atoms with E-state index in [9.17, 15) is 9.90 Å². The summed E-state index contributed by atoms with van der Waals surface area (Å²) in [6.07, 6.45) is 5.29. The number of aromatic nitrogens is 4. The summed E-state index contributed by atoms with van der Waals surface area (Å²) >= 11 is 0. The molecule has 8 nitrogen and oxygen atoms in total. The van der Waals surface area contributed by atoms with Gasteiger partial charge in [-0.15, -0.1) is 0 Å². The molecule has 8 heteroatoms. The van der Waals surface area contributed by atoms with Gasteiger partial charge in [-0.2, -0.15) is 15.0 Å². The van der Waals surface area contributed by atoms with E-state index < -0.39 is 6.10 Å². The molecule has 30 heavy (non-hydrogen) atoms. The van der Waals surface area contributed by atoms with Crippen molar-refractivity contribution in [3.8, 4) is 5.69 Å². The Bertz CT molecular complexity index is 989. The summed E-state index contributed by atoms with van der Waals surface area (Å²) in [4.78, 5) is 21.1. The molecule has 0 spiro atoms. The molecule has 156 valence electrons. The van der Waals surface area contributed by atoms with E-state index in [2.05, 4.69) is 20.5 Å². The number of hydrogen-bond acceptors (Lipinski definition) is 6. The van der Waals surface area contributed by atoms with E-state index in [-0.39, 0.29) is 11.9 Å². The van der Waals surface area contributed by atoms with Gasteiger partial charge in [0.15, 0.2) is 0 Å². The number of aliphatic hydroxyl groups excluding tert-OH is 1. The van der Waals surface area contributed by atoms with Crippen LogP contribution in [0.15, 0.2) is 54.9 Å². The topological polar surface area (TPSA) is 96.2 Å². The van der Waals surface area contributed by atoms with Crippen molar-refractivity contribution in [2.24, 2.45) is 0 Å². The molecular weight excluding hydrogens is 380 g/mol. The van der Waals surface area contributed by atoms with E-state index >= 15 is 0 Å². The number of anilines is 1. The molecule has 3 heterocycles. The second-order valence-corrected chi connectivity index (χ2v) is 7.52. The molecule has 1 fully saturated rings. The van der Waals surface area contributed by atoms with Crippen molar-refractivity contribution >= 4 is 11.7 Å². The van der Waals surface area contributed by atoms with Gasteiger partial charge in [0.1, 0.15) is 5.82 Å². The number of aliphatic hydroxyl groups is 1. The third-order valence-corrected chi connectivity index (χ3v) is 5.33. The fraction of sp³-hybridized carbons (Fsp3) is 0.364. The molecule has 2 aromatic heterocycles. The van der Waals surface area contributed by atoms with Crippen LogP contribution in [0.4, 0.5) is 5.82 Å². The van der Waals surface area contributed by atoms with Crippen LogP contribution in [0.3, 0.4) is 0 Å². The number of rotatable bonds is 5. The van der Waals surface area contributed by atoms with Gasteiger partial charge < -0.3 is 15.3 Å². The zero-order valence-electron chi connectivity index (χ0n) is 17.0. The minimum atomic E-state index is -0.599. The van der Waals surface area contributed by atoms with Crippen LogP contribution in [-0.2, 0) is 0 Å². The summed E-state index contributed by atoms with van der Waals surface area (Å²) in [7, 11) is 0. The average Bonchev–Trinajstić information content (AvgIpc) is 3.20. The summed E-state index contributed by atoms with van der Waals surface area (Å²) in [6.45, 7) is 3.07. The Balaban J connectivity index is 1.44. The molecule has 0 radical (unpaired) electrons. The van der Waals surface area contributed by atoms with Gasteiger partial charge in [0.05, 0.1) is 35.4 Å². The molecule has 0 saturated carbocycles. The van der Waals surface area contributed by atoms with E-state index in [4.69, 9.17) is 0 Å². The number of benzene rings is 1. The number of pyridine rings is 1. The molecule has 1 aliphatic rings. The Morgan fingerprint density at radius 2 is 1.90 bits per heavy atom. The summed E-state index contributed by atoms with van der Waals surface area (Å²) in [6, 6.07) is 13.3. The Morgan fingerprint density at radius 1 is 1.10 bits per heavy atom. The SMILES string of the molecule is CC(O)c1cccc(N[C@@H]2CCCN(C(=O)c3ccccc3-n3nccn3)CC2)n1. The maximum atomic E-state index is 13.2. The number of amides is 1. The largest absolute Gasteiger partial charge is 0.387 e. The Hall–Kier alpha value is -3.26. The van der Waals surface area contributed by atoms with Gasteiger partial charge in [0.2, 0.25) is 0 Å². The smallest absolute Gasteiger partial charge is 0.256 e. The Kier molecular flexibility index (Phi) is 6.04. The van der Waals surface area contributed by atoms with Gasteiger partial charge in [0, 0.05) is 19.1 Å². The van der Waals surface area contributed by atoms with Crippen molar-refractivity contribution in [2.45, 2.75) is 38.3 Å². The van der Waals surface area contributed by atoms with E-state index in [1.54, 1.807) is 19.3 Å². The molecule has 3 aromatic rings. The zero-order valence-corrected chi connectivity index (χ0v) is 17.0. The maximum absolute atomic E-state index is 13.2. The predicted octanol–water partition coefficient (Wildman–Crippen LogP) is 2.82. The molecule has 2 atom stereocenters. The first kappa shape index (κ1) is 20.0. The van der Waals surface area contributed by atoms with Gasteiger partial charge in [-0.1, -0.05) is 18.2 Å². The van der Waals surface area contributed by atoms with E-state index in [1.807, 2.05) is 47.4 Å². The third kappa shape index (κ3) is 4.49. The van der Waals surface area contributed by atoms with Crippen LogP contribution in [0.1, 0.15) is 48.3 Å². The average molecular weight is 406 g/mol. The van der Waals surface area contributed by atoms with Gasteiger partial charge in [-0.25, -0.2) is 4.98 Å².